The second-order valence-corrected chi connectivity index (χ2v) is 7.08. The lowest BCUT2D eigenvalue weighted by Gasteiger charge is -2.18. The topological polar surface area (TPSA) is 61.4 Å². The maximum Gasteiger partial charge on any atom is 0.238 e. The van der Waals surface area contributed by atoms with Gasteiger partial charge in [-0.3, -0.25) is 14.5 Å². The maximum absolute atomic E-state index is 12.3. The van der Waals surface area contributed by atoms with Gasteiger partial charge < -0.3 is 10.6 Å². The lowest BCUT2D eigenvalue weighted by molar-refractivity contribution is -0.122. The first-order chi connectivity index (χ1) is 12.8. The van der Waals surface area contributed by atoms with Gasteiger partial charge in [0, 0.05) is 12.2 Å². The molecule has 0 aliphatic heterocycles. The number of carbonyl (C=O) groups excluding carboxylic acids is 2. The third-order valence-electron chi connectivity index (χ3n) is 4.35. The van der Waals surface area contributed by atoms with Crippen LogP contribution >= 0.6 is 0 Å². The highest BCUT2D eigenvalue weighted by Crippen LogP contribution is 2.21. The van der Waals surface area contributed by atoms with Gasteiger partial charge >= 0.3 is 0 Å². The van der Waals surface area contributed by atoms with Crippen LogP contribution < -0.4 is 10.6 Å². The van der Waals surface area contributed by atoms with Gasteiger partial charge in [0.1, 0.15) is 0 Å². The van der Waals surface area contributed by atoms with Crippen LogP contribution in [0.2, 0.25) is 0 Å². The first-order valence-electron chi connectivity index (χ1n) is 9.22. The van der Waals surface area contributed by atoms with Crippen molar-refractivity contribution in [1.29, 1.82) is 0 Å². The molecule has 0 heterocycles. The molecule has 27 heavy (non-hydrogen) atoms. The number of amides is 2. The van der Waals surface area contributed by atoms with Crippen LogP contribution in [0.4, 0.5) is 5.69 Å². The molecule has 0 unspecified atom stereocenters. The monoisotopic (exact) mass is 367 g/mol. The minimum Gasteiger partial charge on any atom is -0.355 e. The Balaban J connectivity index is 1.75. The minimum absolute atomic E-state index is 0.0797. The van der Waals surface area contributed by atoms with Crippen LogP contribution in [0.5, 0.6) is 0 Å². The van der Waals surface area contributed by atoms with E-state index < -0.39 is 0 Å². The van der Waals surface area contributed by atoms with Crippen molar-refractivity contribution < 1.29 is 9.59 Å². The van der Waals surface area contributed by atoms with Gasteiger partial charge in [0.25, 0.3) is 0 Å². The molecule has 0 atom stereocenters. The summed E-state index contributed by atoms with van der Waals surface area (Å²) >= 11 is 0. The Hall–Kier alpha value is -2.66. The number of nitrogens with zero attached hydrogens (tertiary/aromatic N) is 1. The Morgan fingerprint density at radius 2 is 1.52 bits per heavy atom. The highest BCUT2D eigenvalue weighted by atomic mass is 16.2. The summed E-state index contributed by atoms with van der Waals surface area (Å²) < 4.78 is 0. The van der Waals surface area contributed by atoms with Crippen molar-refractivity contribution in [3.8, 4) is 0 Å². The summed E-state index contributed by atoms with van der Waals surface area (Å²) in [5.41, 5.74) is 5.30. The lowest BCUT2D eigenvalue weighted by Crippen LogP contribution is -2.39. The van der Waals surface area contributed by atoms with E-state index in [1.165, 1.54) is 11.1 Å². The zero-order chi connectivity index (χ0) is 19.8. The standard InChI is InChI=1S/C22H29N3O2/c1-16-12-17(2)22(18(3)13-16)24-21(27)15-25(4)14-20(26)23-11-10-19-8-6-5-7-9-19/h5-9,12-13H,10-11,14-15H2,1-4H3,(H,23,26)(H,24,27). The molecule has 0 aliphatic carbocycles. The summed E-state index contributed by atoms with van der Waals surface area (Å²) in [6, 6.07) is 14.1. The summed E-state index contributed by atoms with van der Waals surface area (Å²) in [6.07, 6.45) is 0.794. The maximum atomic E-state index is 12.3. The first kappa shape index (κ1) is 20.6. The van der Waals surface area contributed by atoms with Crippen LogP contribution in [0.15, 0.2) is 42.5 Å². The fourth-order valence-corrected chi connectivity index (χ4v) is 3.15. The molecule has 5 nitrogen and oxygen atoms in total. The van der Waals surface area contributed by atoms with Crippen molar-refractivity contribution in [2.45, 2.75) is 27.2 Å². The fraction of sp³-hybridized carbons (Fsp3) is 0.364. The molecule has 0 bridgehead atoms. The van der Waals surface area contributed by atoms with Crippen molar-refractivity contribution in [2.24, 2.45) is 0 Å². The van der Waals surface area contributed by atoms with E-state index in [0.29, 0.717) is 6.54 Å². The third-order valence-corrected chi connectivity index (χ3v) is 4.35. The predicted molar refractivity (Wildman–Crippen MR) is 110 cm³/mol. The Kier molecular flexibility index (Phi) is 7.55. The molecule has 0 fully saturated rings. The van der Waals surface area contributed by atoms with Gasteiger partial charge in [-0.15, -0.1) is 0 Å². The Morgan fingerprint density at radius 3 is 2.15 bits per heavy atom. The molecule has 0 radical (unpaired) electrons. The predicted octanol–water partition coefficient (Wildman–Crippen LogP) is 2.84. The van der Waals surface area contributed by atoms with Crippen molar-refractivity contribution >= 4 is 17.5 Å². The Bertz CT molecular complexity index is 764. The molecule has 0 saturated carbocycles. The largest absolute Gasteiger partial charge is 0.355 e. The first-order valence-corrected chi connectivity index (χ1v) is 9.22. The third kappa shape index (κ3) is 6.87. The van der Waals surface area contributed by atoms with E-state index in [-0.39, 0.29) is 24.9 Å². The lowest BCUT2D eigenvalue weighted by atomic mass is 10.1. The van der Waals surface area contributed by atoms with E-state index in [4.69, 9.17) is 0 Å². The summed E-state index contributed by atoms with van der Waals surface area (Å²) in [4.78, 5) is 26.1. The molecule has 2 amide bonds. The number of rotatable bonds is 8. The van der Waals surface area contributed by atoms with E-state index in [0.717, 1.165) is 23.2 Å². The van der Waals surface area contributed by atoms with E-state index in [1.807, 2.05) is 63.2 Å². The van der Waals surface area contributed by atoms with Gasteiger partial charge in [0.2, 0.25) is 11.8 Å². The molecular formula is C22H29N3O2. The smallest absolute Gasteiger partial charge is 0.238 e. The number of likely N-dealkylation sites (N-methyl/N-ethyl adjacent to an activating group) is 1. The second-order valence-electron chi connectivity index (χ2n) is 7.08. The number of anilines is 1. The van der Waals surface area contributed by atoms with E-state index in [1.54, 1.807) is 11.9 Å². The normalized spacial score (nSPS) is 10.7. The number of benzene rings is 2. The fourth-order valence-electron chi connectivity index (χ4n) is 3.15. The summed E-state index contributed by atoms with van der Waals surface area (Å²) in [7, 11) is 1.77. The van der Waals surface area contributed by atoms with E-state index in [9.17, 15) is 9.59 Å². The van der Waals surface area contributed by atoms with Crippen LogP contribution in [0.3, 0.4) is 0 Å². The van der Waals surface area contributed by atoms with Crippen molar-refractivity contribution in [1.82, 2.24) is 10.2 Å². The van der Waals surface area contributed by atoms with Gasteiger partial charge in [-0.2, -0.15) is 0 Å². The highest BCUT2D eigenvalue weighted by molar-refractivity contribution is 5.94. The Labute approximate surface area is 161 Å². The summed E-state index contributed by atoms with van der Waals surface area (Å²) in [5.74, 6) is -0.200. The van der Waals surface area contributed by atoms with Gasteiger partial charge in [-0.1, -0.05) is 48.0 Å². The number of hydrogen-bond donors (Lipinski definition) is 2. The van der Waals surface area contributed by atoms with Crippen molar-refractivity contribution in [2.75, 3.05) is 32.0 Å². The van der Waals surface area contributed by atoms with Crippen molar-refractivity contribution in [3.63, 3.8) is 0 Å². The number of aryl methyl sites for hydroxylation is 3. The van der Waals surface area contributed by atoms with Crippen LogP contribution in [0.25, 0.3) is 0 Å². The second kappa shape index (κ2) is 9.88. The molecule has 0 aromatic heterocycles. The quantitative estimate of drug-likeness (QED) is 0.754. The van der Waals surface area contributed by atoms with Gasteiger partial charge in [0.15, 0.2) is 0 Å². The van der Waals surface area contributed by atoms with Crippen LogP contribution in [0, 0.1) is 20.8 Å². The molecule has 0 spiro atoms. The average Bonchev–Trinajstić information content (AvgIpc) is 2.58. The molecular weight excluding hydrogens is 338 g/mol. The van der Waals surface area contributed by atoms with Gasteiger partial charge in [-0.05, 0) is 50.9 Å². The number of hydrogen-bond acceptors (Lipinski definition) is 3. The SMILES string of the molecule is Cc1cc(C)c(NC(=O)CN(C)CC(=O)NCCc2ccccc2)c(C)c1. The molecule has 2 rings (SSSR count). The zero-order valence-corrected chi connectivity index (χ0v) is 16.6. The average molecular weight is 367 g/mol. The van der Waals surface area contributed by atoms with Gasteiger partial charge in [-0.25, -0.2) is 0 Å². The number of carbonyl (C=O) groups is 2. The minimum atomic E-state index is -0.121. The molecule has 2 N–H and O–H groups in total. The van der Waals surface area contributed by atoms with Crippen LogP contribution in [0.1, 0.15) is 22.3 Å². The van der Waals surface area contributed by atoms with Gasteiger partial charge in [0.05, 0.1) is 13.1 Å². The van der Waals surface area contributed by atoms with Crippen LogP contribution in [-0.2, 0) is 16.0 Å². The van der Waals surface area contributed by atoms with Crippen molar-refractivity contribution in [3.05, 3.63) is 64.7 Å². The molecule has 2 aromatic carbocycles. The van der Waals surface area contributed by atoms with E-state index >= 15 is 0 Å². The number of nitrogens with one attached hydrogen (secondary N) is 2. The van der Waals surface area contributed by atoms with Crippen LogP contribution in [-0.4, -0.2) is 43.4 Å². The van der Waals surface area contributed by atoms with E-state index in [2.05, 4.69) is 10.6 Å². The molecule has 0 saturated heterocycles. The molecule has 0 aliphatic rings. The zero-order valence-electron chi connectivity index (χ0n) is 16.6. The Morgan fingerprint density at radius 1 is 0.926 bits per heavy atom. The molecule has 144 valence electrons. The molecule has 5 heteroatoms. The summed E-state index contributed by atoms with van der Waals surface area (Å²) in [6.45, 7) is 6.95. The summed E-state index contributed by atoms with van der Waals surface area (Å²) in [5, 5.41) is 5.86. The molecule has 2 aromatic rings. The highest BCUT2D eigenvalue weighted by Gasteiger charge is 2.13.